The van der Waals surface area contributed by atoms with Gasteiger partial charge in [-0.3, -0.25) is 0 Å². The normalized spacial score (nSPS) is 10.5. The summed E-state index contributed by atoms with van der Waals surface area (Å²) in [4.78, 5) is 3.65. The molecule has 5 heteroatoms. The van der Waals surface area contributed by atoms with E-state index in [0.29, 0.717) is 17.3 Å². The van der Waals surface area contributed by atoms with E-state index < -0.39 is 0 Å². The molecule has 0 spiro atoms. The summed E-state index contributed by atoms with van der Waals surface area (Å²) in [5.41, 5.74) is 9.87. The Morgan fingerprint density at radius 3 is 2.34 bits per heavy atom. The van der Waals surface area contributed by atoms with Gasteiger partial charge in [0.2, 0.25) is 5.69 Å². The lowest BCUT2D eigenvalue weighted by Gasteiger charge is -2.08. The zero-order chi connectivity index (χ0) is 20.2. The number of aromatic nitrogens is 1. The van der Waals surface area contributed by atoms with Crippen LogP contribution in [0.25, 0.3) is 21.7 Å². The molecule has 142 valence electrons. The lowest BCUT2D eigenvalue weighted by Crippen LogP contribution is -1.99. The van der Waals surface area contributed by atoms with Gasteiger partial charge in [0.05, 0.1) is 13.2 Å². The van der Waals surface area contributed by atoms with E-state index in [4.69, 9.17) is 17.0 Å². The summed E-state index contributed by atoms with van der Waals surface area (Å²) in [5, 5.41) is 9.39. The molecule has 4 aromatic rings. The smallest absolute Gasteiger partial charge is 0.235 e. The van der Waals surface area contributed by atoms with Crippen molar-refractivity contribution in [2.75, 3.05) is 5.73 Å². The fourth-order valence-electron chi connectivity index (χ4n) is 3.19. The van der Waals surface area contributed by atoms with Crippen molar-refractivity contribution in [2.24, 2.45) is 0 Å². The molecule has 1 aromatic heterocycles. The van der Waals surface area contributed by atoms with E-state index in [2.05, 4.69) is 4.85 Å². The predicted octanol–water partition coefficient (Wildman–Crippen LogP) is 5.56. The van der Waals surface area contributed by atoms with E-state index in [-0.39, 0.29) is 6.61 Å². The first-order valence-electron chi connectivity index (χ1n) is 9.11. The molecule has 0 radical (unpaired) electrons. The standard InChI is InChI=1S/C24H19N3O2/c1-26-23-22(15-27(24(23)25)19-7-5-6-17(14-19)16-28)18-10-12-21(13-11-18)29-20-8-3-2-4-9-20/h2-15,28H,16,25H2. The number of rotatable bonds is 5. The minimum atomic E-state index is -0.0551. The van der Waals surface area contributed by atoms with Crippen LogP contribution >= 0.6 is 0 Å². The number of hydrogen-bond donors (Lipinski definition) is 2. The number of para-hydroxylation sites is 1. The van der Waals surface area contributed by atoms with E-state index in [1.807, 2.05) is 85.1 Å². The third-order valence-corrected chi connectivity index (χ3v) is 4.64. The van der Waals surface area contributed by atoms with Crippen molar-refractivity contribution in [2.45, 2.75) is 6.61 Å². The Labute approximate surface area is 169 Å². The first-order chi connectivity index (χ1) is 14.2. The van der Waals surface area contributed by atoms with Crippen molar-refractivity contribution in [3.63, 3.8) is 0 Å². The molecule has 1 heterocycles. The van der Waals surface area contributed by atoms with Gasteiger partial charge in [-0.1, -0.05) is 42.5 Å². The van der Waals surface area contributed by atoms with Crippen molar-refractivity contribution in [1.29, 1.82) is 0 Å². The first-order valence-corrected chi connectivity index (χ1v) is 9.11. The second-order valence-electron chi connectivity index (χ2n) is 6.53. The van der Waals surface area contributed by atoms with Gasteiger partial charge in [0.25, 0.3) is 0 Å². The van der Waals surface area contributed by atoms with Crippen LogP contribution in [0.2, 0.25) is 0 Å². The second kappa shape index (κ2) is 7.93. The van der Waals surface area contributed by atoms with E-state index in [0.717, 1.165) is 28.1 Å². The number of nitrogens with zero attached hydrogens (tertiary/aromatic N) is 2. The SMILES string of the molecule is [C-]#[N+]c1c(-c2ccc(Oc3ccccc3)cc2)cn(-c2cccc(CO)c2)c1N. The molecule has 3 N–H and O–H groups in total. The summed E-state index contributed by atoms with van der Waals surface area (Å²) in [5.74, 6) is 1.85. The monoisotopic (exact) mass is 381 g/mol. The van der Waals surface area contributed by atoms with E-state index in [1.54, 1.807) is 4.57 Å². The van der Waals surface area contributed by atoms with Crippen LogP contribution in [-0.4, -0.2) is 9.67 Å². The van der Waals surface area contributed by atoms with E-state index >= 15 is 0 Å². The third kappa shape index (κ3) is 3.70. The number of aliphatic hydroxyl groups excluding tert-OH is 1. The fraction of sp³-hybridized carbons (Fsp3) is 0.0417. The maximum atomic E-state index is 9.39. The minimum absolute atomic E-state index is 0.0551. The highest BCUT2D eigenvalue weighted by Gasteiger charge is 2.16. The average molecular weight is 381 g/mol. The second-order valence-corrected chi connectivity index (χ2v) is 6.53. The van der Waals surface area contributed by atoms with Gasteiger partial charge in [-0.05, 0) is 47.5 Å². The Morgan fingerprint density at radius 2 is 1.66 bits per heavy atom. The lowest BCUT2D eigenvalue weighted by molar-refractivity contribution is 0.282. The van der Waals surface area contributed by atoms with Crippen molar-refractivity contribution in [1.82, 2.24) is 4.57 Å². The molecule has 0 aliphatic carbocycles. The molecule has 0 bridgehead atoms. The quantitative estimate of drug-likeness (QED) is 0.445. The highest BCUT2D eigenvalue weighted by atomic mass is 16.5. The zero-order valence-electron chi connectivity index (χ0n) is 15.6. The summed E-state index contributed by atoms with van der Waals surface area (Å²) < 4.78 is 7.61. The number of ether oxygens (including phenoxy) is 1. The minimum Gasteiger partial charge on any atom is -0.457 e. The summed E-state index contributed by atoms with van der Waals surface area (Å²) >= 11 is 0. The van der Waals surface area contributed by atoms with E-state index in [9.17, 15) is 5.11 Å². The van der Waals surface area contributed by atoms with Gasteiger partial charge in [-0.15, -0.1) is 0 Å². The molecule has 0 aliphatic rings. The molecule has 0 aliphatic heterocycles. The first kappa shape index (κ1) is 18.4. The Morgan fingerprint density at radius 1 is 0.931 bits per heavy atom. The Hall–Kier alpha value is -4.01. The Balaban J connectivity index is 1.69. The number of nitrogens with two attached hydrogens (primary N) is 1. The number of aliphatic hydroxyl groups is 1. The fourth-order valence-corrected chi connectivity index (χ4v) is 3.19. The average Bonchev–Trinajstić information content (AvgIpc) is 3.11. The number of nitrogen functional groups attached to an aromatic ring is 1. The van der Waals surface area contributed by atoms with Crippen LogP contribution in [0.15, 0.2) is 85.1 Å². The molecule has 0 atom stereocenters. The summed E-state index contributed by atoms with van der Waals surface area (Å²) in [7, 11) is 0. The molecule has 0 amide bonds. The molecule has 3 aromatic carbocycles. The topological polar surface area (TPSA) is 64.8 Å². The van der Waals surface area contributed by atoms with Crippen molar-refractivity contribution < 1.29 is 9.84 Å². The van der Waals surface area contributed by atoms with Crippen LogP contribution in [0.5, 0.6) is 11.5 Å². The summed E-state index contributed by atoms with van der Waals surface area (Å²) in [6.45, 7) is 7.53. The van der Waals surface area contributed by atoms with Gasteiger partial charge in [0.15, 0.2) is 0 Å². The van der Waals surface area contributed by atoms with Gasteiger partial charge in [0, 0.05) is 17.4 Å². The zero-order valence-corrected chi connectivity index (χ0v) is 15.6. The molecule has 0 unspecified atom stereocenters. The molecular formula is C24H19N3O2. The molecule has 0 fully saturated rings. The Bertz CT molecular complexity index is 1170. The maximum Gasteiger partial charge on any atom is 0.235 e. The van der Waals surface area contributed by atoms with Crippen molar-refractivity contribution in [3.05, 3.63) is 102 Å². The largest absolute Gasteiger partial charge is 0.457 e. The molecule has 0 saturated heterocycles. The van der Waals surface area contributed by atoms with Crippen LogP contribution in [0.3, 0.4) is 0 Å². The van der Waals surface area contributed by atoms with Crippen LogP contribution in [0, 0.1) is 6.57 Å². The van der Waals surface area contributed by atoms with Crippen molar-refractivity contribution in [3.8, 4) is 28.3 Å². The van der Waals surface area contributed by atoms with E-state index in [1.165, 1.54) is 0 Å². The van der Waals surface area contributed by atoms with Gasteiger partial charge < -0.3 is 20.1 Å². The molecule has 5 nitrogen and oxygen atoms in total. The van der Waals surface area contributed by atoms with Gasteiger partial charge in [-0.2, -0.15) is 0 Å². The molecule has 29 heavy (non-hydrogen) atoms. The third-order valence-electron chi connectivity index (χ3n) is 4.64. The molecule has 4 rings (SSSR count). The molecule has 0 saturated carbocycles. The van der Waals surface area contributed by atoms with Gasteiger partial charge >= 0.3 is 0 Å². The van der Waals surface area contributed by atoms with Crippen LogP contribution in [0.4, 0.5) is 11.5 Å². The summed E-state index contributed by atoms with van der Waals surface area (Å²) in [6, 6.07) is 24.6. The van der Waals surface area contributed by atoms with Crippen molar-refractivity contribution >= 4 is 11.5 Å². The number of benzene rings is 3. The molecular weight excluding hydrogens is 362 g/mol. The Kier molecular flexibility index (Phi) is 5.02. The highest BCUT2D eigenvalue weighted by Crippen LogP contribution is 2.39. The van der Waals surface area contributed by atoms with Gasteiger partial charge in [-0.25, -0.2) is 4.85 Å². The number of hydrogen-bond acceptors (Lipinski definition) is 3. The number of anilines is 1. The lowest BCUT2D eigenvalue weighted by atomic mass is 10.1. The maximum absolute atomic E-state index is 9.39. The van der Waals surface area contributed by atoms with Gasteiger partial charge in [0.1, 0.15) is 17.3 Å². The van der Waals surface area contributed by atoms with Crippen LogP contribution < -0.4 is 10.5 Å². The predicted molar refractivity (Wildman–Crippen MR) is 114 cm³/mol. The van der Waals surface area contributed by atoms with Crippen LogP contribution in [0.1, 0.15) is 5.56 Å². The highest BCUT2D eigenvalue weighted by molar-refractivity contribution is 5.87. The summed E-state index contributed by atoms with van der Waals surface area (Å²) in [6.07, 6.45) is 1.85. The van der Waals surface area contributed by atoms with Crippen LogP contribution in [-0.2, 0) is 6.61 Å².